The molecule has 1 atom stereocenters. The molecule has 0 aromatic carbocycles. The van der Waals surface area contributed by atoms with Gasteiger partial charge in [0, 0.05) is 13.6 Å². The summed E-state index contributed by atoms with van der Waals surface area (Å²) in [6.45, 7) is 7.91. The van der Waals surface area contributed by atoms with E-state index in [2.05, 4.69) is 5.32 Å². The lowest BCUT2D eigenvalue weighted by atomic mass is 10.00. The number of nitrogens with zero attached hydrogens (tertiary/aromatic N) is 2. The number of nitrogens with one attached hydrogen (secondary N) is 1. The lowest BCUT2D eigenvalue weighted by Crippen LogP contribution is -2.46. The van der Waals surface area contributed by atoms with E-state index < -0.39 is 16.8 Å². The zero-order valence-corrected chi connectivity index (χ0v) is 13.4. The molecule has 0 bridgehead atoms. The summed E-state index contributed by atoms with van der Waals surface area (Å²) in [6, 6.07) is 0. The Morgan fingerprint density at radius 1 is 1.38 bits per heavy atom. The van der Waals surface area contributed by atoms with Crippen LogP contribution in [0.4, 0.5) is 11.5 Å². The van der Waals surface area contributed by atoms with Crippen LogP contribution in [0.2, 0.25) is 0 Å². The molecule has 7 heteroatoms. The largest absolute Gasteiger partial charge is 0.394 e. The highest BCUT2D eigenvalue weighted by molar-refractivity contribution is 5.62. The first-order valence-electron chi connectivity index (χ1n) is 7.15. The topological polar surface area (TPSA) is 102 Å². The number of nitrogen functional groups attached to an aromatic ring is 1. The van der Waals surface area contributed by atoms with Crippen molar-refractivity contribution in [1.29, 1.82) is 0 Å². The molecule has 0 amide bonds. The lowest BCUT2D eigenvalue weighted by molar-refractivity contribution is 0.218. The number of aliphatic hydroxyl groups is 1. The van der Waals surface area contributed by atoms with Gasteiger partial charge in [0.1, 0.15) is 11.5 Å². The van der Waals surface area contributed by atoms with Crippen molar-refractivity contribution < 1.29 is 5.11 Å². The van der Waals surface area contributed by atoms with Gasteiger partial charge in [0.2, 0.25) is 0 Å². The molecule has 7 nitrogen and oxygen atoms in total. The number of anilines is 2. The van der Waals surface area contributed by atoms with Crippen LogP contribution in [0.25, 0.3) is 0 Å². The van der Waals surface area contributed by atoms with Crippen molar-refractivity contribution >= 4 is 11.5 Å². The minimum absolute atomic E-state index is 0.116. The zero-order chi connectivity index (χ0) is 16.4. The van der Waals surface area contributed by atoms with Gasteiger partial charge >= 0.3 is 5.69 Å². The predicted octanol–water partition coefficient (Wildman–Crippen LogP) is 0.358. The molecule has 0 radical (unpaired) electrons. The van der Waals surface area contributed by atoms with E-state index in [1.54, 1.807) is 6.92 Å². The molecular formula is C14H26N4O3. The minimum atomic E-state index is -0.666. The molecule has 0 fully saturated rings. The standard InChI is InChI=1S/C14H26N4O3/c1-6-14(4,8-19)16-10-11(15)18(7-9(2)3)13(21)17(5)12(10)20/h9,16,19H,6-8,15H2,1-5H3. The smallest absolute Gasteiger partial charge is 0.332 e. The highest BCUT2D eigenvalue weighted by Gasteiger charge is 2.25. The maximum Gasteiger partial charge on any atom is 0.332 e. The second-order valence-corrected chi connectivity index (χ2v) is 6.11. The Hall–Kier alpha value is -1.76. The summed E-state index contributed by atoms with van der Waals surface area (Å²) in [4.78, 5) is 24.5. The van der Waals surface area contributed by atoms with Gasteiger partial charge in [0.25, 0.3) is 5.56 Å². The second-order valence-electron chi connectivity index (χ2n) is 6.11. The van der Waals surface area contributed by atoms with Crippen molar-refractivity contribution in [1.82, 2.24) is 9.13 Å². The highest BCUT2D eigenvalue weighted by Crippen LogP contribution is 2.20. The fourth-order valence-electron chi connectivity index (χ4n) is 1.98. The Morgan fingerprint density at radius 3 is 2.38 bits per heavy atom. The van der Waals surface area contributed by atoms with Crippen LogP contribution < -0.4 is 22.3 Å². The van der Waals surface area contributed by atoms with Crippen LogP contribution in [0.3, 0.4) is 0 Å². The summed E-state index contributed by atoms with van der Waals surface area (Å²) in [5.41, 5.74) is 4.61. The molecule has 1 heterocycles. The molecule has 1 unspecified atom stereocenters. The maximum absolute atomic E-state index is 12.3. The Balaban J connectivity index is 3.49. The predicted molar refractivity (Wildman–Crippen MR) is 84.6 cm³/mol. The molecule has 0 saturated heterocycles. The summed E-state index contributed by atoms with van der Waals surface area (Å²) >= 11 is 0. The molecule has 0 aliphatic heterocycles. The molecule has 1 aromatic rings. The quantitative estimate of drug-likeness (QED) is 0.703. The molecule has 1 rings (SSSR count). The van der Waals surface area contributed by atoms with E-state index in [1.165, 1.54) is 11.6 Å². The average molecular weight is 298 g/mol. The Morgan fingerprint density at radius 2 is 1.95 bits per heavy atom. The molecule has 4 N–H and O–H groups in total. The van der Waals surface area contributed by atoms with E-state index >= 15 is 0 Å². The van der Waals surface area contributed by atoms with E-state index in [9.17, 15) is 14.7 Å². The lowest BCUT2D eigenvalue weighted by Gasteiger charge is -2.29. The summed E-state index contributed by atoms with van der Waals surface area (Å²) in [7, 11) is 1.42. The number of aromatic nitrogens is 2. The van der Waals surface area contributed by atoms with Crippen LogP contribution >= 0.6 is 0 Å². The first-order valence-corrected chi connectivity index (χ1v) is 7.15. The SMILES string of the molecule is CCC(C)(CO)Nc1c(N)n(CC(C)C)c(=O)n(C)c1=O. The summed E-state index contributed by atoms with van der Waals surface area (Å²) in [5, 5.41) is 12.5. The van der Waals surface area contributed by atoms with Gasteiger partial charge in [-0.05, 0) is 19.3 Å². The molecule has 0 spiro atoms. The van der Waals surface area contributed by atoms with Crippen LogP contribution in [-0.4, -0.2) is 26.4 Å². The number of nitrogens with two attached hydrogens (primary N) is 1. The molecular weight excluding hydrogens is 272 g/mol. The van der Waals surface area contributed by atoms with Gasteiger partial charge in [-0.2, -0.15) is 0 Å². The first-order chi connectivity index (χ1) is 9.66. The van der Waals surface area contributed by atoms with Crippen molar-refractivity contribution in [3.63, 3.8) is 0 Å². The molecule has 0 aliphatic carbocycles. The van der Waals surface area contributed by atoms with E-state index in [0.717, 1.165) is 4.57 Å². The number of hydrogen-bond donors (Lipinski definition) is 3. The van der Waals surface area contributed by atoms with Crippen LogP contribution in [0.15, 0.2) is 9.59 Å². The normalized spacial score (nSPS) is 14.2. The van der Waals surface area contributed by atoms with Gasteiger partial charge in [0.15, 0.2) is 0 Å². The van der Waals surface area contributed by atoms with Crippen molar-refractivity contribution in [3.8, 4) is 0 Å². The third kappa shape index (κ3) is 3.47. The van der Waals surface area contributed by atoms with Crippen LogP contribution in [0.1, 0.15) is 34.1 Å². The number of hydrogen-bond acceptors (Lipinski definition) is 5. The number of aliphatic hydroxyl groups excluding tert-OH is 1. The van der Waals surface area contributed by atoms with Gasteiger partial charge in [-0.1, -0.05) is 20.8 Å². The van der Waals surface area contributed by atoms with E-state index in [1.807, 2.05) is 20.8 Å². The number of rotatable bonds is 6. The van der Waals surface area contributed by atoms with E-state index in [4.69, 9.17) is 5.73 Å². The third-order valence-electron chi connectivity index (χ3n) is 3.69. The summed E-state index contributed by atoms with van der Waals surface area (Å²) in [5.74, 6) is 0.329. The van der Waals surface area contributed by atoms with Gasteiger partial charge in [-0.25, -0.2) is 4.79 Å². The van der Waals surface area contributed by atoms with Gasteiger partial charge in [-0.15, -0.1) is 0 Å². The second kappa shape index (κ2) is 6.34. The van der Waals surface area contributed by atoms with Crippen molar-refractivity contribution in [3.05, 3.63) is 20.8 Å². The van der Waals surface area contributed by atoms with Gasteiger partial charge in [-0.3, -0.25) is 13.9 Å². The van der Waals surface area contributed by atoms with Crippen LogP contribution in [0.5, 0.6) is 0 Å². The van der Waals surface area contributed by atoms with Crippen molar-refractivity contribution in [2.45, 2.75) is 46.2 Å². The molecule has 0 saturated carbocycles. The zero-order valence-electron chi connectivity index (χ0n) is 13.4. The minimum Gasteiger partial charge on any atom is -0.394 e. The maximum atomic E-state index is 12.3. The first kappa shape index (κ1) is 17.3. The summed E-state index contributed by atoms with van der Waals surface area (Å²) < 4.78 is 2.43. The van der Waals surface area contributed by atoms with Crippen molar-refractivity contribution in [2.24, 2.45) is 13.0 Å². The fraction of sp³-hybridized carbons (Fsp3) is 0.714. The average Bonchev–Trinajstić information content (AvgIpc) is 2.45. The Bertz CT molecular complexity index is 612. The monoisotopic (exact) mass is 298 g/mol. The van der Waals surface area contributed by atoms with E-state index in [0.29, 0.717) is 13.0 Å². The molecule has 120 valence electrons. The molecule has 21 heavy (non-hydrogen) atoms. The van der Waals surface area contributed by atoms with Crippen LogP contribution in [0, 0.1) is 5.92 Å². The third-order valence-corrected chi connectivity index (χ3v) is 3.69. The van der Waals surface area contributed by atoms with E-state index in [-0.39, 0.29) is 24.0 Å². The van der Waals surface area contributed by atoms with Gasteiger partial charge in [0.05, 0.1) is 12.1 Å². The van der Waals surface area contributed by atoms with Gasteiger partial charge < -0.3 is 16.2 Å². The van der Waals surface area contributed by atoms with Crippen LogP contribution in [-0.2, 0) is 13.6 Å². The fourth-order valence-corrected chi connectivity index (χ4v) is 1.98. The Kier molecular flexibility index (Phi) is 5.22. The molecule has 0 aliphatic rings. The summed E-state index contributed by atoms with van der Waals surface area (Å²) in [6.07, 6.45) is 0.607. The highest BCUT2D eigenvalue weighted by atomic mass is 16.3. The van der Waals surface area contributed by atoms with Crippen molar-refractivity contribution in [2.75, 3.05) is 17.7 Å². The molecule has 1 aromatic heterocycles. The Labute approximate surface area is 124 Å².